The van der Waals surface area contributed by atoms with E-state index in [1.165, 1.54) is 16.7 Å². The largest absolute Gasteiger partial charge is 0.497 e. The van der Waals surface area contributed by atoms with E-state index in [4.69, 9.17) is 4.74 Å². The Morgan fingerprint density at radius 1 is 1.06 bits per heavy atom. The number of rotatable bonds is 6. The van der Waals surface area contributed by atoms with Gasteiger partial charge in [-0.1, -0.05) is 49.7 Å². The van der Waals surface area contributed by atoms with Gasteiger partial charge in [0.25, 0.3) is 0 Å². The van der Waals surface area contributed by atoms with Crippen molar-refractivity contribution in [1.82, 2.24) is 0 Å². The monoisotopic (exact) mass is 447 g/mol. The number of anilines is 1. The highest BCUT2D eigenvalue weighted by atomic mass is 32.2. The van der Waals surface area contributed by atoms with Gasteiger partial charge in [0, 0.05) is 10.8 Å². The summed E-state index contributed by atoms with van der Waals surface area (Å²) in [7, 11) is 1.69. The third-order valence-corrected chi connectivity index (χ3v) is 6.86. The summed E-state index contributed by atoms with van der Waals surface area (Å²) in [4.78, 5) is 11.8. The minimum atomic E-state index is -0.814. The van der Waals surface area contributed by atoms with Gasteiger partial charge in [0.05, 0.1) is 25.8 Å². The molecule has 0 atom stereocenters. The molecule has 4 nitrogen and oxygen atoms in total. The molecule has 4 rings (SSSR count). The van der Waals surface area contributed by atoms with Crippen LogP contribution >= 0.6 is 11.9 Å². The summed E-state index contributed by atoms with van der Waals surface area (Å²) in [5.41, 5.74) is 9.78. The third-order valence-electron chi connectivity index (χ3n) is 5.87. The first-order valence-corrected chi connectivity index (χ1v) is 11.7. The lowest BCUT2D eigenvalue weighted by Crippen LogP contribution is -2.23. The van der Waals surface area contributed by atoms with Crippen molar-refractivity contribution in [2.75, 3.05) is 11.4 Å². The van der Waals surface area contributed by atoms with Crippen molar-refractivity contribution < 1.29 is 14.6 Å². The van der Waals surface area contributed by atoms with Gasteiger partial charge in [0.2, 0.25) is 0 Å². The number of aliphatic carboxylic acids is 1. The number of nitrogens with zero attached hydrogens (tertiary/aromatic N) is 1. The number of carboxylic acids is 1. The molecule has 0 aliphatic carbocycles. The Hall–Kier alpha value is -2.92. The molecule has 0 spiro atoms. The van der Waals surface area contributed by atoms with Gasteiger partial charge in [-0.05, 0) is 77.4 Å². The molecule has 0 fully saturated rings. The van der Waals surface area contributed by atoms with Gasteiger partial charge in [0.15, 0.2) is 0 Å². The molecule has 1 heterocycles. The summed E-state index contributed by atoms with van der Waals surface area (Å²) in [5.74, 6) is 0.0325. The Morgan fingerprint density at radius 2 is 1.78 bits per heavy atom. The van der Waals surface area contributed by atoms with Crippen LogP contribution in [0, 0.1) is 13.8 Å². The topological polar surface area (TPSA) is 49.8 Å². The van der Waals surface area contributed by atoms with Crippen LogP contribution < -0.4 is 9.04 Å². The van der Waals surface area contributed by atoms with Crippen molar-refractivity contribution in [1.29, 1.82) is 0 Å². The van der Waals surface area contributed by atoms with E-state index < -0.39 is 5.97 Å². The summed E-state index contributed by atoms with van der Waals surface area (Å²) < 4.78 is 7.81. The molecule has 0 aromatic heterocycles. The summed E-state index contributed by atoms with van der Waals surface area (Å²) in [6.07, 6.45) is -0.00201. The minimum Gasteiger partial charge on any atom is -0.497 e. The van der Waals surface area contributed by atoms with Gasteiger partial charge in [-0.2, -0.15) is 0 Å². The molecule has 1 aliphatic rings. The van der Waals surface area contributed by atoms with Crippen molar-refractivity contribution in [3.63, 3.8) is 0 Å². The van der Waals surface area contributed by atoms with Crippen molar-refractivity contribution in [2.45, 2.75) is 45.9 Å². The zero-order valence-corrected chi connectivity index (χ0v) is 20.0. The third kappa shape index (κ3) is 4.22. The quantitative estimate of drug-likeness (QED) is 0.429. The molecule has 0 amide bonds. The fourth-order valence-electron chi connectivity index (χ4n) is 4.41. The summed E-state index contributed by atoms with van der Waals surface area (Å²) in [6.45, 7) is 9.24. The number of fused-ring (bicyclic) bond motifs is 3. The van der Waals surface area contributed by atoms with Crippen molar-refractivity contribution in [3.8, 4) is 28.0 Å². The average molecular weight is 448 g/mol. The molecule has 0 bridgehead atoms. The molecule has 0 saturated carbocycles. The van der Waals surface area contributed by atoms with Gasteiger partial charge in [-0.3, -0.25) is 4.79 Å². The van der Waals surface area contributed by atoms with Crippen LogP contribution in [0.25, 0.3) is 22.3 Å². The van der Waals surface area contributed by atoms with Crippen LogP contribution in [0.5, 0.6) is 5.75 Å². The first kappa shape index (κ1) is 22.3. The second-order valence-corrected chi connectivity index (χ2v) is 10.2. The lowest BCUT2D eigenvalue weighted by Gasteiger charge is -2.36. The molecule has 1 aliphatic heterocycles. The normalized spacial score (nSPS) is 12.5. The number of hydrogen-bond acceptors (Lipinski definition) is 4. The molecule has 166 valence electrons. The molecule has 32 heavy (non-hydrogen) atoms. The predicted octanol–water partition coefficient (Wildman–Crippen LogP) is 6.65. The summed E-state index contributed by atoms with van der Waals surface area (Å²) >= 11 is 1.79. The molecular formula is C27H29NO3S. The number of aryl methyl sites for hydroxylation is 1. The maximum atomic E-state index is 11.8. The van der Waals surface area contributed by atoms with E-state index in [0.29, 0.717) is 5.25 Å². The minimum absolute atomic E-state index is 0.00201. The maximum absolute atomic E-state index is 11.8. The van der Waals surface area contributed by atoms with Gasteiger partial charge >= 0.3 is 5.97 Å². The number of ether oxygens (including phenoxy) is 1. The van der Waals surface area contributed by atoms with Gasteiger partial charge in [-0.15, -0.1) is 0 Å². The van der Waals surface area contributed by atoms with Crippen LogP contribution in [0.3, 0.4) is 0 Å². The van der Waals surface area contributed by atoms with E-state index in [1.54, 1.807) is 19.1 Å². The second kappa shape index (κ2) is 8.91. The standard InChI is InChI=1S/C27H29NO3S/c1-16(2)32-28-15-20-12-21(31-5)10-11-22(20)25-13-24(19-8-6-17(3)7-9-19)23(14-26(29)30)18(4)27(25)28/h6-13,16H,14-15H2,1-5H3,(H,29,30). The number of carboxylic acid groups (broad SMARTS) is 1. The highest BCUT2D eigenvalue weighted by molar-refractivity contribution is 8.01. The number of carbonyl (C=O) groups is 1. The number of hydrogen-bond donors (Lipinski definition) is 1. The second-order valence-electron chi connectivity index (χ2n) is 8.57. The Labute approximate surface area is 194 Å². The van der Waals surface area contributed by atoms with E-state index in [1.807, 2.05) is 6.07 Å². The molecule has 3 aromatic carbocycles. The van der Waals surface area contributed by atoms with E-state index in [0.717, 1.165) is 45.8 Å². The van der Waals surface area contributed by atoms with Crippen LogP contribution in [-0.4, -0.2) is 23.4 Å². The van der Waals surface area contributed by atoms with Crippen molar-refractivity contribution >= 4 is 23.6 Å². The zero-order valence-electron chi connectivity index (χ0n) is 19.2. The number of methoxy groups -OCH3 is 1. The maximum Gasteiger partial charge on any atom is 0.307 e. The van der Waals surface area contributed by atoms with Gasteiger partial charge in [-0.25, -0.2) is 0 Å². The SMILES string of the molecule is COc1ccc2c(c1)CN(SC(C)C)c1c-2cc(-c2ccc(C)cc2)c(CC(=O)O)c1C. The van der Waals surface area contributed by atoms with Crippen LogP contribution in [0.1, 0.15) is 36.1 Å². The fraction of sp³-hybridized carbons (Fsp3) is 0.296. The lowest BCUT2D eigenvalue weighted by molar-refractivity contribution is -0.136. The van der Waals surface area contributed by atoms with Gasteiger partial charge < -0.3 is 14.1 Å². The van der Waals surface area contributed by atoms with E-state index in [-0.39, 0.29) is 6.42 Å². The van der Waals surface area contributed by atoms with Crippen LogP contribution in [-0.2, 0) is 17.8 Å². The summed E-state index contributed by atoms with van der Waals surface area (Å²) in [6, 6.07) is 16.7. The molecule has 0 radical (unpaired) electrons. The Balaban J connectivity index is 2.01. The first-order chi connectivity index (χ1) is 15.3. The van der Waals surface area contributed by atoms with Crippen LogP contribution in [0.2, 0.25) is 0 Å². The van der Waals surface area contributed by atoms with Crippen LogP contribution in [0.4, 0.5) is 5.69 Å². The number of benzene rings is 3. The van der Waals surface area contributed by atoms with Crippen LogP contribution in [0.15, 0.2) is 48.5 Å². The highest BCUT2D eigenvalue weighted by Gasteiger charge is 2.29. The predicted molar refractivity (Wildman–Crippen MR) is 134 cm³/mol. The molecular weight excluding hydrogens is 418 g/mol. The zero-order chi connectivity index (χ0) is 23.0. The van der Waals surface area contributed by atoms with Gasteiger partial charge in [0.1, 0.15) is 5.75 Å². The van der Waals surface area contributed by atoms with E-state index in [9.17, 15) is 9.90 Å². The fourth-order valence-corrected chi connectivity index (χ4v) is 5.48. The van der Waals surface area contributed by atoms with Crippen molar-refractivity contribution in [2.24, 2.45) is 0 Å². The lowest BCUT2D eigenvalue weighted by atomic mass is 9.85. The Bertz CT molecular complexity index is 1170. The molecule has 5 heteroatoms. The Kier molecular flexibility index (Phi) is 6.20. The summed E-state index contributed by atoms with van der Waals surface area (Å²) in [5, 5.41) is 10.1. The highest BCUT2D eigenvalue weighted by Crippen LogP contribution is 2.49. The molecule has 1 N–H and O–H groups in total. The van der Waals surface area contributed by atoms with Crippen molar-refractivity contribution in [3.05, 3.63) is 70.8 Å². The average Bonchev–Trinajstić information content (AvgIpc) is 2.74. The molecule has 0 unspecified atom stereocenters. The van der Waals surface area contributed by atoms with E-state index >= 15 is 0 Å². The molecule has 0 saturated heterocycles. The van der Waals surface area contributed by atoms with E-state index in [2.05, 4.69) is 74.5 Å². The smallest absolute Gasteiger partial charge is 0.307 e. The molecule has 3 aromatic rings. The first-order valence-electron chi connectivity index (χ1n) is 10.9. The Morgan fingerprint density at radius 3 is 2.41 bits per heavy atom.